The molecule has 0 radical (unpaired) electrons. The molecular weight excluding hydrogens is 204 g/mol. The van der Waals surface area contributed by atoms with Crippen LogP contribution in [0.3, 0.4) is 0 Å². The lowest BCUT2D eigenvalue weighted by Crippen LogP contribution is -2.47. The van der Waals surface area contributed by atoms with Gasteiger partial charge in [0.15, 0.2) is 0 Å². The van der Waals surface area contributed by atoms with Crippen LogP contribution in [0.2, 0.25) is 0 Å². The van der Waals surface area contributed by atoms with Gasteiger partial charge in [-0.25, -0.2) is 0 Å². The fraction of sp³-hybridized carbons (Fsp3) is 0.833. The van der Waals surface area contributed by atoms with Crippen LogP contribution in [0.15, 0.2) is 0 Å². The fourth-order valence-electron chi connectivity index (χ4n) is 1.62. The number of nitrogens with one attached hydrogen (secondary N) is 1. The first-order valence-electron chi connectivity index (χ1n) is 6.10. The van der Waals surface area contributed by atoms with E-state index in [1.165, 1.54) is 0 Å². The summed E-state index contributed by atoms with van der Waals surface area (Å²) in [4.78, 5) is 24.3. The largest absolute Gasteiger partial charge is 0.336 e. The highest BCUT2D eigenvalue weighted by molar-refractivity contribution is 5.79. The average Bonchev–Trinajstić information content (AvgIpc) is 2.68. The van der Waals surface area contributed by atoms with Gasteiger partial charge in [-0.1, -0.05) is 27.7 Å². The molecular formula is C12H24N2O2. The van der Waals surface area contributed by atoms with E-state index in [-0.39, 0.29) is 23.9 Å². The highest BCUT2D eigenvalue weighted by Gasteiger charge is 2.27. The van der Waals surface area contributed by atoms with E-state index in [9.17, 15) is 9.59 Å². The lowest BCUT2D eigenvalue weighted by Gasteiger charge is -2.24. The van der Waals surface area contributed by atoms with Gasteiger partial charge in [0, 0.05) is 19.4 Å². The molecule has 4 nitrogen and oxygen atoms in total. The highest BCUT2D eigenvalue weighted by atomic mass is 16.2. The van der Waals surface area contributed by atoms with E-state index in [1.54, 1.807) is 11.8 Å². The third kappa shape index (κ3) is 4.21. The van der Waals surface area contributed by atoms with Gasteiger partial charge in [-0.2, -0.15) is 0 Å². The number of carbonyl (C=O) groups excluding carboxylic acids is 2. The van der Waals surface area contributed by atoms with Crippen molar-refractivity contribution in [1.29, 1.82) is 0 Å². The monoisotopic (exact) mass is 228 g/mol. The molecule has 1 rings (SSSR count). The van der Waals surface area contributed by atoms with Crippen LogP contribution < -0.4 is 5.32 Å². The Hall–Kier alpha value is -1.06. The molecule has 94 valence electrons. The average molecular weight is 228 g/mol. The molecule has 1 aliphatic rings. The first-order chi connectivity index (χ1) is 7.52. The Morgan fingerprint density at radius 2 is 1.88 bits per heavy atom. The number of nitrogens with zero attached hydrogens (tertiary/aromatic N) is 1. The summed E-state index contributed by atoms with van der Waals surface area (Å²) in [6, 6.07) is 0. The van der Waals surface area contributed by atoms with E-state index >= 15 is 0 Å². The van der Waals surface area contributed by atoms with E-state index in [4.69, 9.17) is 0 Å². The molecule has 1 unspecified atom stereocenters. The van der Waals surface area contributed by atoms with Crippen molar-refractivity contribution >= 4 is 11.8 Å². The first kappa shape index (κ1) is 14.9. The van der Waals surface area contributed by atoms with Gasteiger partial charge in [-0.05, 0) is 12.8 Å². The van der Waals surface area contributed by atoms with Gasteiger partial charge >= 0.3 is 0 Å². The zero-order valence-corrected chi connectivity index (χ0v) is 11.0. The van der Waals surface area contributed by atoms with Crippen molar-refractivity contribution in [1.82, 2.24) is 10.2 Å². The van der Waals surface area contributed by atoms with Gasteiger partial charge in [0.2, 0.25) is 11.8 Å². The summed E-state index contributed by atoms with van der Waals surface area (Å²) >= 11 is 0. The number of rotatable bonds is 2. The van der Waals surface area contributed by atoms with Crippen molar-refractivity contribution in [2.24, 2.45) is 5.92 Å². The molecule has 1 atom stereocenters. The highest BCUT2D eigenvalue weighted by Crippen LogP contribution is 2.15. The van der Waals surface area contributed by atoms with Gasteiger partial charge in [0.1, 0.15) is 6.17 Å². The minimum absolute atomic E-state index is 0.0168. The maximum atomic E-state index is 11.4. The van der Waals surface area contributed by atoms with Crippen molar-refractivity contribution in [2.75, 3.05) is 6.54 Å². The standard InChI is InChI=1S/C10H18N2O2.C2H6/c1-7(2)10(14)11-9-5-4-6-12(9)8(3)13;1-2/h7,9H,4-6H2,1-3H3,(H,11,14);1-2H3. The SMILES string of the molecule is CC.CC(=O)N1CCCC1NC(=O)C(C)C. The summed E-state index contributed by atoms with van der Waals surface area (Å²) in [6.07, 6.45) is 1.77. The third-order valence-electron chi connectivity index (χ3n) is 2.49. The maximum absolute atomic E-state index is 11.4. The van der Waals surface area contributed by atoms with E-state index in [2.05, 4.69) is 5.32 Å². The second-order valence-corrected chi connectivity index (χ2v) is 4.03. The maximum Gasteiger partial charge on any atom is 0.224 e. The smallest absolute Gasteiger partial charge is 0.224 e. The van der Waals surface area contributed by atoms with Crippen LogP contribution in [0.5, 0.6) is 0 Å². The molecule has 0 bridgehead atoms. The van der Waals surface area contributed by atoms with Gasteiger partial charge in [0.25, 0.3) is 0 Å². The lowest BCUT2D eigenvalue weighted by molar-refractivity contribution is -0.132. The summed E-state index contributed by atoms with van der Waals surface area (Å²) in [5.74, 6) is 0.0316. The summed E-state index contributed by atoms with van der Waals surface area (Å²) in [5.41, 5.74) is 0. The lowest BCUT2D eigenvalue weighted by atomic mass is 10.2. The summed E-state index contributed by atoms with van der Waals surface area (Å²) < 4.78 is 0. The van der Waals surface area contributed by atoms with Gasteiger partial charge < -0.3 is 10.2 Å². The molecule has 1 aliphatic heterocycles. The molecule has 0 aromatic heterocycles. The van der Waals surface area contributed by atoms with Gasteiger partial charge in [-0.3, -0.25) is 9.59 Å². The fourth-order valence-corrected chi connectivity index (χ4v) is 1.62. The van der Waals surface area contributed by atoms with Crippen LogP contribution in [0, 0.1) is 5.92 Å². The summed E-state index contributed by atoms with van der Waals surface area (Å²) in [5, 5.41) is 2.88. The molecule has 1 saturated heterocycles. The molecule has 4 heteroatoms. The number of likely N-dealkylation sites (tertiary alicyclic amines) is 1. The number of hydrogen-bond acceptors (Lipinski definition) is 2. The van der Waals surface area contributed by atoms with Crippen molar-refractivity contribution in [3.05, 3.63) is 0 Å². The second kappa shape index (κ2) is 7.25. The van der Waals surface area contributed by atoms with Gasteiger partial charge in [-0.15, -0.1) is 0 Å². The minimum atomic E-state index is -0.0811. The molecule has 0 aliphatic carbocycles. The van der Waals surface area contributed by atoms with E-state index in [0.29, 0.717) is 0 Å². The second-order valence-electron chi connectivity index (χ2n) is 4.03. The Morgan fingerprint density at radius 3 is 2.31 bits per heavy atom. The van der Waals surface area contributed by atoms with E-state index < -0.39 is 0 Å². The molecule has 0 aromatic carbocycles. The Balaban J connectivity index is 0.00000106. The van der Waals surface area contributed by atoms with E-state index in [1.807, 2.05) is 27.7 Å². The third-order valence-corrected chi connectivity index (χ3v) is 2.49. The van der Waals surface area contributed by atoms with Crippen LogP contribution in [-0.2, 0) is 9.59 Å². The summed E-state index contributed by atoms with van der Waals surface area (Å²) in [6.45, 7) is 10.0. The molecule has 1 fully saturated rings. The van der Waals surface area contributed by atoms with Crippen LogP contribution in [0.4, 0.5) is 0 Å². The Morgan fingerprint density at radius 1 is 1.31 bits per heavy atom. The Kier molecular flexibility index (Phi) is 6.77. The van der Waals surface area contributed by atoms with Crippen LogP contribution >= 0.6 is 0 Å². The molecule has 0 aromatic rings. The number of carbonyl (C=O) groups is 2. The van der Waals surface area contributed by atoms with Gasteiger partial charge in [0.05, 0.1) is 0 Å². The van der Waals surface area contributed by atoms with Crippen molar-refractivity contribution < 1.29 is 9.59 Å². The predicted molar refractivity (Wildman–Crippen MR) is 64.7 cm³/mol. The first-order valence-corrected chi connectivity index (χ1v) is 6.10. The van der Waals surface area contributed by atoms with E-state index in [0.717, 1.165) is 19.4 Å². The molecule has 0 saturated carbocycles. The zero-order valence-electron chi connectivity index (χ0n) is 11.0. The van der Waals surface area contributed by atoms with Crippen molar-refractivity contribution in [3.63, 3.8) is 0 Å². The molecule has 1 heterocycles. The number of hydrogen-bond donors (Lipinski definition) is 1. The summed E-state index contributed by atoms with van der Waals surface area (Å²) in [7, 11) is 0. The van der Waals surface area contributed by atoms with Crippen LogP contribution in [0.1, 0.15) is 47.5 Å². The van der Waals surface area contributed by atoms with Crippen LogP contribution in [-0.4, -0.2) is 29.4 Å². The zero-order chi connectivity index (χ0) is 12.7. The minimum Gasteiger partial charge on any atom is -0.336 e. The Bertz CT molecular complexity index is 239. The van der Waals surface area contributed by atoms with Crippen LogP contribution in [0.25, 0.3) is 0 Å². The molecule has 16 heavy (non-hydrogen) atoms. The molecule has 2 amide bonds. The number of amides is 2. The molecule has 1 N–H and O–H groups in total. The quantitative estimate of drug-likeness (QED) is 0.783. The van der Waals surface area contributed by atoms with Crippen molar-refractivity contribution in [2.45, 2.75) is 53.6 Å². The predicted octanol–water partition coefficient (Wildman–Crippen LogP) is 1.75. The molecule has 0 spiro atoms. The van der Waals surface area contributed by atoms with Crippen molar-refractivity contribution in [3.8, 4) is 0 Å². The topological polar surface area (TPSA) is 49.4 Å². The Labute approximate surface area is 98.4 Å². The normalized spacial score (nSPS) is 19.1.